The van der Waals surface area contributed by atoms with Crippen LogP contribution >= 0.6 is 0 Å². The minimum absolute atomic E-state index is 0.000831. The van der Waals surface area contributed by atoms with E-state index in [1.54, 1.807) is 0 Å². The van der Waals surface area contributed by atoms with Crippen molar-refractivity contribution < 1.29 is 24.9 Å². The van der Waals surface area contributed by atoms with Gasteiger partial charge in [0, 0.05) is 52.8 Å². The lowest BCUT2D eigenvalue weighted by atomic mass is 9.86. The van der Waals surface area contributed by atoms with Crippen molar-refractivity contribution in [2.45, 2.75) is 66.4 Å². The Hall–Kier alpha value is -4.08. The molecule has 0 saturated carbocycles. The van der Waals surface area contributed by atoms with Crippen LogP contribution in [0.15, 0.2) is 106 Å². The van der Waals surface area contributed by atoms with Crippen LogP contribution < -0.4 is 5.32 Å². The van der Waals surface area contributed by atoms with E-state index in [0.29, 0.717) is 35.6 Å². The molecular formula is C34H38N4O5. The van der Waals surface area contributed by atoms with Crippen LogP contribution in [0.25, 0.3) is 0 Å². The average Bonchev–Trinajstić information content (AvgIpc) is 3.74. The van der Waals surface area contributed by atoms with Crippen molar-refractivity contribution in [1.82, 2.24) is 5.32 Å². The number of esters is 1. The zero-order chi connectivity index (χ0) is 30.7. The fraction of sp³-hybridized carbons (Fsp3) is 0.412. The Kier molecular flexibility index (Phi) is 7.34. The molecule has 6 aliphatic rings. The van der Waals surface area contributed by atoms with Crippen molar-refractivity contribution in [3.8, 4) is 0 Å². The Morgan fingerprint density at radius 2 is 1.79 bits per heavy atom. The number of aliphatic hydroxyl groups is 3. The molecule has 3 atom stereocenters. The number of fused-ring (bicyclic) bond motifs is 5. The van der Waals surface area contributed by atoms with Crippen LogP contribution in [0.1, 0.15) is 60.3 Å². The number of hydrogen-bond acceptors (Lipinski definition) is 9. The van der Waals surface area contributed by atoms with Gasteiger partial charge < -0.3 is 25.4 Å². The number of rotatable bonds is 6. The summed E-state index contributed by atoms with van der Waals surface area (Å²) in [5.41, 5.74) is 12.3. The molecule has 4 N–H and O–H groups in total. The van der Waals surface area contributed by atoms with Gasteiger partial charge in [-0.05, 0) is 74.1 Å². The van der Waals surface area contributed by atoms with Gasteiger partial charge in [-0.25, -0.2) is 15.0 Å². The van der Waals surface area contributed by atoms with E-state index < -0.39 is 12.7 Å². The molecular weight excluding hydrogens is 544 g/mol. The first kappa shape index (κ1) is 29.0. The maximum atomic E-state index is 12.2. The quantitative estimate of drug-likeness (QED) is 0.327. The van der Waals surface area contributed by atoms with Gasteiger partial charge in [-0.15, -0.1) is 0 Å². The molecule has 1 fully saturated rings. The monoisotopic (exact) mass is 582 g/mol. The van der Waals surface area contributed by atoms with Crippen molar-refractivity contribution >= 4 is 23.1 Å². The summed E-state index contributed by atoms with van der Waals surface area (Å²) < 4.78 is 4.96. The summed E-state index contributed by atoms with van der Waals surface area (Å²) in [4.78, 5) is 27.2. The Morgan fingerprint density at radius 3 is 2.49 bits per heavy atom. The lowest BCUT2D eigenvalue weighted by molar-refractivity contribution is -0.140. The number of carbonyl (C=O) groups is 1. The summed E-state index contributed by atoms with van der Waals surface area (Å²) in [5.74, 6) is -0.0257. The summed E-state index contributed by atoms with van der Waals surface area (Å²) in [6.45, 7) is 9.71. The van der Waals surface area contributed by atoms with Crippen LogP contribution in [0.4, 0.5) is 0 Å². The Labute approximate surface area is 251 Å². The second kappa shape index (κ2) is 10.9. The summed E-state index contributed by atoms with van der Waals surface area (Å²) in [6, 6.07) is 0. The predicted octanol–water partition coefficient (Wildman–Crippen LogP) is 4.96. The van der Waals surface area contributed by atoms with Crippen molar-refractivity contribution in [2.24, 2.45) is 26.8 Å². The maximum absolute atomic E-state index is 12.2. The molecule has 1 unspecified atom stereocenters. The van der Waals surface area contributed by atoms with Gasteiger partial charge in [0.2, 0.25) is 0 Å². The predicted molar refractivity (Wildman–Crippen MR) is 166 cm³/mol. The standard InChI is InChI=1S/C34H38N4O5/c1-7-19-15(2)22-13-27-31(29(41)14-39)17(4)24(36-27)11-23-16(3)20(8-9-30(42)43-6)33(37-23)21-10-28(40)32-18(5)25(38-34(21)32)12-26(19)35-22/h11-13,16,20,29,37,39-41H,7-10,14H2,1-6H3/t16-,20-,29?/m0/s1. The van der Waals surface area contributed by atoms with Gasteiger partial charge in [-0.3, -0.25) is 4.79 Å². The van der Waals surface area contributed by atoms with E-state index in [-0.39, 0.29) is 24.2 Å². The first-order valence-corrected chi connectivity index (χ1v) is 14.9. The third-order valence-corrected chi connectivity index (χ3v) is 9.49. The molecule has 1 aliphatic carbocycles. The first-order chi connectivity index (χ1) is 20.6. The van der Waals surface area contributed by atoms with Gasteiger partial charge in [-0.2, -0.15) is 0 Å². The number of hydrogen-bond donors (Lipinski definition) is 4. The van der Waals surface area contributed by atoms with Gasteiger partial charge in [0.1, 0.15) is 11.9 Å². The summed E-state index contributed by atoms with van der Waals surface area (Å²) >= 11 is 0. The molecule has 0 aromatic carbocycles. The van der Waals surface area contributed by atoms with Crippen molar-refractivity contribution in [3.63, 3.8) is 0 Å². The first-order valence-electron chi connectivity index (χ1n) is 14.9. The number of carbonyl (C=O) groups excluding carboxylic acids is 1. The van der Waals surface area contributed by atoms with Crippen molar-refractivity contribution in [2.75, 3.05) is 13.7 Å². The van der Waals surface area contributed by atoms with Crippen LogP contribution in [0.3, 0.4) is 0 Å². The summed E-state index contributed by atoms with van der Waals surface area (Å²) in [7, 11) is 1.40. The number of allylic oxidation sites excluding steroid dienone is 11. The summed E-state index contributed by atoms with van der Waals surface area (Å²) in [5, 5.41) is 35.6. The van der Waals surface area contributed by atoms with Crippen molar-refractivity contribution in [1.29, 1.82) is 0 Å². The molecule has 43 heavy (non-hydrogen) atoms. The molecule has 224 valence electrons. The van der Waals surface area contributed by atoms with E-state index in [1.807, 2.05) is 39.0 Å². The number of aliphatic hydroxyl groups excluding tert-OH is 3. The number of methoxy groups -OCH3 is 1. The Bertz CT molecular complexity index is 1700. The van der Waals surface area contributed by atoms with Gasteiger partial charge in [0.15, 0.2) is 0 Å². The summed E-state index contributed by atoms with van der Waals surface area (Å²) in [6.07, 6.45) is 6.72. The minimum Gasteiger partial charge on any atom is -0.511 e. The number of nitrogens with one attached hydrogen (secondary N) is 1. The topological polar surface area (TPSA) is 136 Å². The highest BCUT2D eigenvalue weighted by Crippen LogP contribution is 2.46. The Balaban J connectivity index is 1.60. The zero-order valence-electron chi connectivity index (χ0n) is 25.5. The zero-order valence-corrected chi connectivity index (χ0v) is 25.5. The molecule has 9 heteroatoms. The van der Waals surface area contributed by atoms with Crippen molar-refractivity contribution in [3.05, 3.63) is 91.5 Å². The van der Waals surface area contributed by atoms with E-state index in [4.69, 9.17) is 19.7 Å². The smallest absolute Gasteiger partial charge is 0.305 e. The highest BCUT2D eigenvalue weighted by Gasteiger charge is 2.41. The van der Waals surface area contributed by atoms with Gasteiger partial charge in [-0.1, -0.05) is 13.8 Å². The van der Waals surface area contributed by atoms with Crippen LogP contribution in [-0.4, -0.2) is 58.2 Å². The fourth-order valence-electron chi connectivity index (χ4n) is 7.01. The highest BCUT2D eigenvalue weighted by molar-refractivity contribution is 6.21. The molecule has 0 amide bonds. The molecule has 5 aliphatic heterocycles. The van der Waals surface area contributed by atoms with E-state index in [2.05, 4.69) is 19.2 Å². The highest BCUT2D eigenvalue weighted by atomic mass is 16.5. The number of nitrogens with zero attached hydrogens (tertiary/aromatic N) is 3. The van der Waals surface area contributed by atoms with Crippen LogP contribution in [0.5, 0.6) is 0 Å². The van der Waals surface area contributed by atoms with Gasteiger partial charge >= 0.3 is 5.97 Å². The maximum Gasteiger partial charge on any atom is 0.305 e. The van der Waals surface area contributed by atoms with E-state index in [0.717, 1.165) is 74.1 Å². The molecule has 0 aromatic heterocycles. The molecule has 6 rings (SSSR count). The number of aliphatic imine (C=N–C) groups is 3. The van der Waals surface area contributed by atoms with Crippen LogP contribution in [0.2, 0.25) is 0 Å². The molecule has 1 saturated heterocycles. The molecule has 0 aromatic rings. The lowest BCUT2D eigenvalue weighted by Crippen LogP contribution is -2.17. The van der Waals surface area contributed by atoms with E-state index >= 15 is 0 Å². The van der Waals surface area contributed by atoms with Gasteiger partial charge in [0.25, 0.3) is 0 Å². The van der Waals surface area contributed by atoms with Crippen LogP contribution in [-0.2, 0) is 9.53 Å². The normalized spacial score (nSPS) is 25.2. The van der Waals surface area contributed by atoms with E-state index in [1.165, 1.54) is 7.11 Å². The number of ether oxygens (including phenoxy) is 1. The van der Waals surface area contributed by atoms with Crippen LogP contribution in [0, 0.1) is 11.8 Å². The molecule has 0 spiro atoms. The molecule has 0 radical (unpaired) electrons. The molecule has 8 bridgehead atoms. The van der Waals surface area contributed by atoms with Gasteiger partial charge in [0.05, 0.1) is 47.9 Å². The SMILES string of the molecule is CCC1=C(C)C2=NC1=CC1=C(C)C3=C(O)CC(=C4NC(=CC5=NC(=C2)C(C(O)CO)=C5C)[C@@H](C)[C@@H]4CCC(=O)OC)C3=N1. The second-order valence-electron chi connectivity index (χ2n) is 11.8. The average molecular weight is 583 g/mol. The lowest BCUT2D eigenvalue weighted by Gasteiger charge is -2.17. The third kappa shape index (κ3) is 4.62. The van der Waals surface area contributed by atoms with E-state index in [9.17, 15) is 20.1 Å². The fourth-order valence-corrected chi connectivity index (χ4v) is 7.01. The third-order valence-electron chi connectivity index (χ3n) is 9.49. The molecule has 5 heterocycles. The molecule has 9 nitrogen and oxygen atoms in total. The minimum atomic E-state index is -1.09. The second-order valence-corrected chi connectivity index (χ2v) is 11.8. The largest absolute Gasteiger partial charge is 0.511 e. The Morgan fingerprint density at radius 1 is 1.07 bits per heavy atom.